The van der Waals surface area contributed by atoms with Gasteiger partial charge in [0.2, 0.25) is 15.9 Å². The van der Waals surface area contributed by atoms with Crippen molar-refractivity contribution < 1.29 is 17.9 Å². The third-order valence-electron chi connectivity index (χ3n) is 4.71. The van der Waals surface area contributed by atoms with Crippen molar-refractivity contribution in [2.24, 2.45) is 0 Å². The van der Waals surface area contributed by atoms with E-state index in [4.69, 9.17) is 4.74 Å². The minimum absolute atomic E-state index is 0.0660. The molecule has 0 aliphatic rings. The molecule has 2 N–H and O–H groups in total. The first-order chi connectivity index (χ1) is 15.4. The second-order valence-corrected chi connectivity index (χ2v) is 9.52. The zero-order chi connectivity index (χ0) is 23.0. The molecule has 0 aliphatic carbocycles. The fourth-order valence-electron chi connectivity index (χ4n) is 3.14. The lowest BCUT2D eigenvalue weighted by molar-refractivity contribution is -0.117. The molecule has 0 aromatic heterocycles. The Morgan fingerprint density at radius 1 is 0.969 bits per heavy atom. The van der Waals surface area contributed by atoms with E-state index in [1.54, 1.807) is 18.2 Å². The fraction of sp³-hybridized carbons (Fsp3) is 0.208. The molecule has 168 valence electrons. The van der Waals surface area contributed by atoms with Gasteiger partial charge in [-0.2, -0.15) is 4.72 Å². The minimum Gasteiger partial charge on any atom is -0.494 e. The predicted molar refractivity (Wildman–Crippen MR) is 129 cm³/mol. The van der Waals surface area contributed by atoms with Crippen molar-refractivity contribution in [3.8, 4) is 5.75 Å². The molecule has 0 aliphatic heterocycles. The van der Waals surface area contributed by atoms with Crippen molar-refractivity contribution in [1.82, 2.24) is 4.72 Å². The molecule has 0 saturated carbocycles. The van der Waals surface area contributed by atoms with Gasteiger partial charge in [0.1, 0.15) is 11.8 Å². The number of ether oxygens (including phenoxy) is 1. The molecule has 0 bridgehead atoms. The molecular weight excluding hydrogens is 444 g/mol. The first-order valence-corrected chi connectivity index (χ1v) is 12.9. The highest BCUT2D eigenvalue weighted by Gasteiger charge is 2.26. The SMILES string of the molecule is CCOc1ccc(S(=O)(=O)NC(Cc2ccccc2)C(=O)Nc2ccccc2SC)cc1. The summed E-state index contributed by atoms with van der Waals surface area (Å²) in [5.74, 6) is 0.156. The van der Waals surface area contributed by atoms with Crippen molar-refractivity contribution in [2.75, 3.05) is 18.2 Å². The number of thioether (sulfide) groups is 1. The summed E-state index contributed by atoms with van der Waals surface area (Å²) in [7, 11) is -3.94. The van der Waals surface area contributed by atoms with Gasteiger partial charge in [-0.25, -0.2) is 8.42 Å². The number of anilines is 1. The van der Waals surface area contributed by atoms with Crippen molar-refractivity contribution in [3.63, 3.8) is 0 Å². The van der Waals surface area contributed by atoms with Crippen molar-refractivity contribution >= 4 is 33.4 Å². The van der Waals surface area contributed by atoms with Gasteiger partial charge in [0.15, 0.2) is 0 Å². The maximum absolute atomic E-state index is 13.2. The molecule has 1 atom stereocenters. The average molecular weight is 471 g/mol. The van der Waals surface area contributed by atoms with Crippen LogP contribution in [0.3, 0.4) is 0 Å². The number of para-hydroxylation sites is 1. The number of sulfonamides is 1. The largest absolute Gasteiger partial charge is 0.494 e. The molecule has 1 amide bonds. The zero-order valence-corrected chi connectivity index (χ0v) is 19.6. The summed E-state index contributed by atoms with van der Waals surface area (Å²) < 4.78 is 34.1. The Bertz CT molecular complexity index is 1130. The van der Waals surface area contributed by atoms with E-state index in [0.29, 0.717) is 18.0 Å². The molecule has 0 heterocycles. The van der Waals surface area contributed by atoms with Crippen molar-refractivity contribution in [3.05, 3.63) is 84.4 Å². The van der Waals surface area contributed by atoms with E-state index in [1.165, 1.54) is 23.9 Å². The lowest BCUT2D eigenvalue weighted by Crippen LogP contribution is -2.45. The number of carbonyl (C=O) groups is 1. The molecule has 0 radical (unpaired) electrons. The summed E-state index contributed by atoms with van der Waals surface area (Å²) in [6.07, 6.45) is 2.13. The Morgan fingerprint density at radius 2 is 1.62 bits per heavy atom. The number of carbonyl (C=O) groups excluding carboxylic acids is 1. The van der Waals surface area contributed by atoms with Gasteiger partial charge in [-0.1, -0.05) is 42.5 Å². The molecule has 6 nitrogen and oxygen atoms in total. The van der Waals surface area contributed by atoms with Gasteiger partial charge in [0, 0.05) is 4.90 Å². The lowest BCUT2D eigenvalue weighted by Gasteiger charge is -2.20. The van der Waals surface area contributed by atoms with Gasteiger partial charge >= 0.3 is 0 Å². The van der Waals surface area contributed by atoms with Crippen LogP contribution in [0.2, 0.25) is 0 Å². The van der Waals surface area contributed by atoms with Crippen LogP contribution in [-0.2, 0) is 21.2 Å². The van der Waals surface area contributed by atoms with E-state index in [2.05, 4.69) is 10.0 Å². The van der Waals surface area contributed by atoms with Gasteiger partial charge in [-0.05, 0) is 61.6 Å². The summed E-state index contributed by atoms with van der Waals surface area (Å²) in [6, 6.07) is 21.8. The highest BCUT2D eigenvalue weighted by Crippen LogP contribution is 2.25. The number of nitrogens with one attached hydrogen (secondary N) is 2. The van der Waals surface area contributed by atoms with E-state index in [9.17, 15) is 13.2 Å². The van der Waals surface area contributed by atoms with Crippen LogP contribution in [0.15, 0.2) is 88.7 Å². The molecule has 0 spiro atoms. The average Bonchev–Trinajstić information content (AvgIpc) is 2.80. The van der Waals surface area contributed by atoms with Crippen LogP contribution >= 0.6 is 11.8 Å². The van der Waals surface area contributed by atoms with Crippen LogP contribution in [0.1, 0.15) is 12.5 Å². The number of hydrogen-bond donors (Lipinski definition) is 2. The first-order valence-electron chi connectivity index (χ1n) is 10.2. The molecule has 8 heteroatoms. The molecule has 3 aromatic rings. The van der Waals surface area contributed by atoms with Crippen LogP contribution in [0.4, 0.5) is 5.69 Å². The van der Waals surface area contributed by atoms with Gasteiger partial charge in [-0.3, -0.25) is 4.79 Å². The van der Waals surface area contributed by atoms with Gasteiger partial charge in [0.25, 0.3) is 0 Å². The first kappa shape index (κ1) is 23.8. The lowest BCUT2D eigenvalue weighted by atomic mass is 10.1. The molecular formula is C24H26N2O4S2. The summed E-state index contributed by atoms with van der Waals surface area (Å²) in [6.45, 7) is 2.34. The van der Waals surface area contributed by atoms with Crippen LogP contribution in [0.25, 0.3) is 0 Å². The Kier molecular flexibility index (Phi) is 8.33. The van der Waals surface area contributed by atoms with E-state index in [-0.39, 0.29) is 11.3 Å². The summed E-state index contributed by atoms with van der Waals surface area (Å²) in [4.78, 5) is 14.1. The second kappa shape index (κ2) is 11.2. The van der Waals surface area contributed by atoms with E-state index < -0.39 is 22.0 Å². The normalized spacial score (nSPS) is 12.2. The zero-order valence-electron chi connectivity index (χ0n) is 17.9. The Hall–Kier alpha value is -2.81. The topological polar surface area (TPSA) is 84.5 Å². The van der Waals surface area contributed by atoms with Crippen LogP contribution in [0, 0.1) is 0 Å². The number of rotatable bonds is 10. The molecule has 0 saturated heterocycles. The highest BCUT2D eigenvalue weighted by molar-refractivity contribution is 7.98. The van der Waals surface area contributed by atoms with Crippen LogP contribution < -0.4 is 14.8 Å². The minimum atomic E-state index is -3.94. The Labute approximate surface area is 193 Å². The second-order valence-electron chi connectivity index (χ2n) is 6.96. The van der Waals surface area contributed by atoms with E-state index in [1.807, 2.05) is 61.7 Å². The predicted octanol–water partition coefficient (Wildman–Crippen LogP) is 4.34. The smallest absolute Gasteiger partial charge is 0.242 e. The van der Waals surface area contributed by atoms with E-state index >= 15 is 0 Å². The number of benzene rings is 3. The maximum Gasteiger partial charge on any atom is 0.242 e. The van der Waals surface area contributed by atoms with Crippen LogP contribution in [0.5, 0.6) is 5.75 Å². The van der Waals surface area contributed by atoms with Gasteiger partial charge in [0.05, 0.1) is 17.2 Å². The molecule has 1 unspecified atom stereocenters. The maximum atomic E-state index is 13.2. The summed E-state index contributed by atoms with van der Waals surface area (Å²) >= 11 is 1.50. The van der Waals surface area contributed by atoms with Gasteiger partial charge < -0.3 is 10.1 Å². The van der Waals surface area contributed by atoms with Crippen LogP contribution in [-0.4, -0.2) is 33.2 Å². The third kappa shape index (κ3) is 6.35. The summed E-state index contributed by atoms with van der Waals surface area (Å²) in [5.41, 5.74) is 1.49. The molecule has 0 fully saturated rings. The quantitative estimate of drug-likeness (QED) is 0.431. The number of hydrogen-bond acceptors (Lipinski definition) is 5. The Balaban J connectivity index is 1.85. The summed E-state index contributed by atoms with van der Waals surface area (Å²) in [5, 5.41) is 2.87. The fourth-order valence-corrected chi connectivity index (χ4v) is 4.89. The van der Waals surface area contributed by atoms with Gasteiger partial charge in [-0.15, -0.1) is 11.8 Å². The number of amides is 1. The van der Waals surface area contributed by atoms with E-state index in [0.717, 1.165) is 10.5 Å². The molecule has 32 heavy (non-hydrogen) atoms. The van der Waals surface area contributed by atoms with Crippen molar-refractivity contribution in [2.45, 2.75) is 29.2 Å². The Morgan fingerprint density at radius 3 is 2.28 bits per heavy atom. The molecule has 3 aromatic carbocycles. The highest BCUT2D eigenvalue weighted by atomic mass is 32.2. The monoisotopic (exact) mass is 470 g/mol. The molecule has 3 rings (SSSR count). The van der Waals surface area contributed by atoms with Crippen molar-refractivity contribution in [1.29, 1.82) is 0 Å². The standard InChI is InChI=1S/C24H26N2O4S2/c1-3-30-19-13-15-20(16-14-19)32(28,29)26-22(17-18-9-5-4-6-10-18)24(27)25-21-11-7-8-12-23(21)31-2/h4-16,22,26H,3,17H2,1-2H3,(H,25,27). The third-order valence-corrected chi connectivity index (χ3v) is 6.99.